The average Bonchev–Trinajstić information content (AvgIpc) is 2.56. The molecule has 0 unspecified atom stereocenters. The highest BCUT2D eigenvalue weighted by atomic mass is 15.1. The minimum atomic E-state index is 0.264. The summed E-state index contributed by atoms with van der Waals surface area (Å²) in [5, 5.41) is 0. The molecule has 0 radical (unpaired) electrons. The van der Waals surface area contributed by atoms with E-state index >= 15 is 0 Å². The molecule has 2 heteroatoms. The summed E-state index contributed by atoms with van der Waals surface area (Å²) in [7, 11) is 2.23. The lowest BCUT2D eigenvalue weighted by Gasteiger charge is -2.37. The van der Waals surface area contributed by atoms with Crippen LogP contribution in [0.3, 0.4) is 0 Å². The van der Waals surface area contributed by atoms with Crippen molar-refractivity contribution < 1.29 is 0 Å². The fourth-order valence-electron chi connectivity index (χ4n) is 4.30. The van der Waals surface area contributed by atoms with Gasteiger partial charge < -0.3 is 10.6 Å². The number of hydrogen-bond acceptors (Lipinski definition) is 2. The molecule has 1 saturated carbocycles. The van der Waals surface area contributed by atoms with Gasteiger partial charge in [0.25, 0.3) is 0 Å². The Morgan fingerprint density at radius 1 is 1.14 bits per heavy atom. The number of piperidine rings is 1. The van der Waals surface area contributed by atoms with Crippen LogP contribution in [0.25, 0.3) is 0 Å². The fourth-order valence-corrected chi connectivity index (χ4v) is 4.30. The molecule has 2 fully saturated rings. The van der Waals surface area contributed by atoms with Crippen LogP contribution in [-0.4, -0.2) is 31.6 Å². The van der Waals surface area contributed by atoms with Crippen molar-refractivity contribution in [2.75, 3.05) is 26.7 Å². The van der Waals surface area contributed by atoms with E-state index in [0.717, 1.165) is 12.5 Å². The van der Waals surface area contributed by atoms with E-state index in [1.54, 1.807) is 5.56 Å². The second kappa shape index (κ2) is 6.50. The molecule has 116 valence electrons. The van der Waals surface area contributed by atoms with E-state index in [0.29, 0.717) is 0 Å². The maximum Gasteiger partial charge on any atom is 0.00756 e. The molecule has 1 aliphatic carbocycles. The zero-order chi connectivity index (χ0) is 14.7. The first-order valence-electron chi connectivity index (χ1n) is 8.73. The Kier molecular flexibility index (Phi) is 4.66. The van der Waals surface area contributed by atoms with Gasteiger partial charge >= 0.3 is 0 Å². The van der Waals surface area contributed by atoms with Crippen LogP contribution in [0.4, 0.5) is 0 Å². The van der Waals surface area contributed by atoms with Gasteiger partial charge in [-0.15, -0.1) is 0 Å². The number of hydrogen-bond donors (Lipinski definition) is 1. The molecule has 0 spiro atoms. The Balaban J connectivity index is 1.82. The van der Waals surface area contributed by atoms with Gasteiger partial charge in [-0.3, -0.25) is 0 Å². The van der Waals surface area contributed by atoms with Gasteiger partial charge in [0.2, 0.25) is 0 Å². The molecule has 2 nitrogen and oxygen atoms in total. The first-order chi connectivity index (χ1) is 10.2. The second-order valence-corrected chi connectivity index (χ2v) is 7.25. The van der Waals surface area contributed by atoms with Crippen LogP contribution in [0, 0.1) is 0 Å². The maximum atomic E-state index is 6.21. The van der Waals surface area contributed by atoms with E-state index in [1.807, 2.05) is 0 Å². The second-order valence-electron chi connectivity index (χ2n) is 7.25. The minimum Gasteiger partial charge on any atom is -0.330 e. The predicted octanol–water partition coefficient (Wildman–Crippen LogP) is 3.66. The Hall–Kier alpha value is -0.860. The van der Waals surface area contributed by atoms with Gasteiger partial charge in [-0.25, -0.2) is 0 Å². The summed E-state index contributed by atoms with van der Waals surface area (Å²) in [6, 6.07) is 9.44. The van der Waals surface area contributed by atoms with Gasteiger partial charge in [0.05, 0.1) is 0 Å². The lowest BCUT2D eigenvalue weighted by molar-refractivity contribution is 0.255. The normalized spacial score (nSPS) is 24.1. The molecule has 2 aliphatic rings. The molecular formula is C19H30N2. The van der Waals surface area contributed by atoms with Crippen molar-refractivity contribution >= 4 is 0 Å². The largest absolute Gasteiger partial charge is 0.330 e. The highest BCUT2D eigenvalue weighted by Crippen LogP contribution is 2.40. The third-order valence-electron chi connectivity index (χ3n) is 5.89. The van der Waals surface area contributed by atoms with Crippen molar-refractivity contribution in [3.05, 3.63) is 35.4 Å². The number of rotatable bonds is 3. The molecule has 2 N–H and O–H groups in total. The van der Waals surface area contributed by atoms with Gasteiger partial charge in [-0.2, -0.15) is 0 Å². The van der Waals surface area contributed by atoms with Gasteiger partial charge in [-0.05, 0) is 62.9 Å². The SMILES string of the molecule is CN1CCC(c2cccc(C3(CN)CCCCC3)c2)CC1. The quantitative estimate of drug-likeness (QED) is 0.919. The van der Waals surface area contributed by atoms with E-state index in [2.05, 4.69) is 36.2 Å². The monoisotopic (exact) mass is 286 g/mol. The summed E-state index contributed by atoms with van der Waals surface area (Å²) >= 11 is 0. The van der Waals surface area contributed by atoms with Crippen molar-refractivity contribution in [3.63, 3.8) is 0 Å². The summed E-state index contributed by atoms with van der Waals surface area (Å²) in [5.41, 5.74) is 9.54. The predicted molar refractivity (Wildman–Crippen MR) is 89.7 cm³/mol. The third kappa shape index (κ3) is 3.17. The van der Waals surface area contributed by atoms with Crippen LogP contribution in [0.1, 0.15) is 62.0 Å². The number of nitrogens with two attached hydrogens (primary N) is 1. The van der Waals surface area contributed by atoms with Gasteiger partial charge in [0, 0.05) is 12.0 Å². The van der Waals surface area contributed by atoms with E-state index in [9.17, 15) is 0 Å². The van der Waals surface area contributed by atoms with Crippen molar-refractivity contribution in [1.82, 2.24) is 4.90 Å². The summed E-state index contributed by atoms with van der Waals surface area (Å²) in [4.78, 5) is 2.45. The molecule has 1 aromatic carbocycles. The molecular weight excluding hydrogens is 256 g/mol. The maximum absolute atomic E-state index is 6.21. The average molecular weight is 286 g/mol. The van der Waals surface area contributed by atoms with Crippen LogP contribution in [0.2, 0.25) is 0 Å². The molecule has 1 saturated heterocycles. The standard InChI is InChI=1S/C19H30N2/c1-21-12-8-16(9-13-21)17-6-5-7-18(14-17)19(15-20)10-3-2-4-11-19/h5-7,14,16H,2-4,8-13,15,20H2,1H3. The van der Waals surface area contributed by atoms with E-state index in [1.165, 1.54) is 63.6 Å². The van der Waals surface area contributed by atoms with Gasteiger partial charge in [0.15, 0.2) is 0 Å². The van der Waals surface area contributed by atoms with Crippen molar-refractivity contribution in [3.8, 4) is 0 Å². The number of nitrogens with zero attached hydrogens (tertiary/aromatic N) is 1. The van der Waals surface area contributed by atoms with Gasteiger partial charge in [-0.1, -0.05) is 43.5 Å². The van der Waals surface area contributed by atoms with Crippen LogP contribution < -0.4 is 5.73 Å². The summed E-state index contributed by atoms with van der Waals surface area (Å²) < 4.78 is 0. The van der Waals surface area contributed by atoms with Gasteiger partial charge in [0.1, 0.15) is 0 Å². The van der Waals surface area contributed by atoms with Crippen LogP contribution in [-0.2, 0) is 5.41 Å². The molecule has 0 amide bonds. The molecule has 0 atom stereocenters. The number of likely N-dealkylation sites (tertiary alicyclic amines) is 1. The Bertz CT molecular complexity index is 454. The smallest absolute Gasteiger partial charge is 0.00756 e. The van der Waals surface area contributed by atoms with E-state index < -0.39 is 0 Å². The molecule has 1 aliphatic heterocycles. The molecule has 21 heavy (non-hydrogen) atoms. The van der Waals surface area contributed by atoms with Crippen LogP contribution in [0.5, 0.6) is 0 Å². The van der Waals surface area contributed by atoms with Crippen molar-refractivity contribution in [2.45, 2.75) is 56.3 Å². The van der Waals surface area contributed by atoms with Crippen LogP contribution in [0.15, 0.2) is 24.3 Å². The molecule has 0 aromatic heterocycles. The van der Waals surface area contributed by atoms with E-state index in [4.69, 9.17) is 5.73 Å². The lowest BCUT2D eigenvalue weighted by Crippen LogP contribution is -2.37. The highest BCUT2D eigenvalue weighted by Gasteiger charge is 2.33. The highest BCUT2D eigenvalue weighted by molar-refractivity contribution is 5.33. The molecule has 1 heterocycles. The number of benzene rings is 1. The molecule has 0 bridgehead atoms. The first kappa shape index (κ1) is 15.1. The Morgan fingerprint density at radius 2 is 1.86 bits per heavy atom. The Morgan fingerprint density at radius 3 is 2.52 bits per heavy atom. The summed E-state index contributed by atoms with van der Waals surface area (Å²) in [5.74, 6) is 0.750. The summed E-state index contributed by atoms with van der Waals surface area (Å²) in [6.45, 7) is 3.28. The van der Waals surface area contributed by atoms with Crippen LogP contribution >= 0.6 is 0 Å². The molecule has 1 aromatic rings. The lowest BCUT2D eigenvalue weighted by atomic mass is 9.69. The first-order valence-corrected chi connectivity index (χ1v) is 8.73. The summed E-state index contributed by atoms with van der Waals surface area (Å²) in [6.07, 6.45) is 9.23. The zero-order valence-electron chi connectivity index (χ0n) is 13.5. The minimum absolute atomic E-state index is 0.264. The van der Waals surface area contributed by atoms with Crippen molar-refractivity contribution in [2.24, 2.45) is 5.73 Å². The zero-order valence-corrected chi connectivity index (χ0v) is 13.5. The fraction of sp³-hybridized carbons (Fsp3) is 0.684. The Labute approximate surface area is 129 Å². The molecule has 3 rings (SSSR count). The topological polar surface area (TPSA) is 29.3 Å². The van der Waals surface area contributed by atoms with E-state index in [-0.39, 0.29) is 5.41 Å². The third-order valence-corrected chi connectivity index (χ3v) is 5.89. The van der Waals surface area contributed by atoms with Crippen molar-refractivity contribution in [1.29, 1.82) is 0 Å².